The van der Waals surface area contributed by atoms with Gasteiger partial charge in [-0.15, -0.1) is 0 Å². The number of hydrogen-bond acceptors (Lipinski definition) is 10. The molecule has 2 saturated heterocycles. The predicted octanol–water partition coefficient (Wildman–Crippen LogP) is 5.72. The number of hydrogen-bond donors (Lipinski definition) is 2. The highest BCUT2D eigenvalue weighted by atomic mass is 16.5. The predicted molar refractivity (Wildman–Crippen MR) is 232 cm³/mol. The topological polar surface area (TPSA) is 150 Å². The molecule has 4 amide bonds. The third-order valence-electron chi connectivity index (χ3n) is 11.4. The second-order valence-electron chi connectivity index (χ2n) is 15.9. The summed E-state index contributed by atoms with van der Waals surface area (Å²) in [6.45, 7) is 0.635. The van der Waals surface area contributed by atoms with Gasteiger partial charge in [0.05, 0.1) is 18.4 Å². The number of likely N-dealkylation sites (N-methyl/N-ethyl adjacent to an activating group) is 2. The highest BCUT2D eigenvalue weighted by Crippen LogP contribution is 2.32. The average molecular weight is 828 g/mol. The summed E-state index contributed by atoms with van der Waals surface area (Å²) in [7, 11) is 10.6. The van der Waals surface area contributed by atoms with E-state index in [1.54, 1.807) is 54.5 Å². The molecule has 61 heavy (non-hydrogen) atoms. The number of carbonyl (C=O) groups excluding carboxylic acids is 4. The maximum absolute atomic E-state index is 14.0. The van der Waals surface area contributed by atoms with Gasteiger partial charge in [0, 0.05) is 62.7 Å². The Morgan fingerprint density at radius 3 is 1.43 bits per heavy atom. The van der Waals surface area contributed by atoms with Gasteiger partial charge in [0.25, 0.3) is 0 Å². The molecule has 2 aliphatic rings. The van der Waals surface area contributed by atoms with Gasteiger partial charge in [-0.1, -0.05) is 60.7 Å². The lowest BCUT2D eigenvalue weighted by Gasteiger charge is -2.31. The van der Waals surface area contributed by atoms with E-state index < -0.39 is 24.2 Å². The molecule has 4 unspecified atom stereocenters. The van der Waals surface area contributed by atoms with Crippen LogP contribution in [0.15, 0.2) is 120 Å². The SMILES string of the molecule is COC1CC(C(=O)Nc2ccc(-c3cnc(-c4ccc(NC(=O)C5CC(OC)CN5C(=O)[C@@H](c5ccccc5)N(C)C)cc4)o3)cc2)N(C(=O)[C@@H](c2ccccc2)N(C)C)C1. The van der Waals surface area contributed by atoms with Crippen LogP contribution in [0.1, 0.15) is 36.1 Å². The molecular weight excluding hydrogens is 775 g/mol. The Labute approximate surface area is 356 Å². The van der Waals surface area contributed by atoms with Crippen molar-refractivity contribution in [3.8, 4) is 22.8 Å². The van der Waals surface area contributed by atoms with Crippen molar-refractivity contribution in [2.45, 2.75) is 49.2 Å². The fraction of sp³-hybridized carbons (Fsp3) is 0.340. The number of anilines is 2. The number of rotatable bonds is 14. The summed E-state index contributed by atoms with van der Waals surface area (Å²) in [5.74, 6) is 0.0191. The molecule has 0 aliphatic carbocycles. The lowest BCUT2D eigenvalue weighted by Crippen LogP contribution is -2.47. The Morgan fingerprint density at radius 1 is 0.623 bits per heavy atom. The van der Waals surface area contributed by atoms with Gasteiger partial charge < -0.3 is 34.3 Å². The van der Waals surface area contributed by atoms with Crippen LogP contribution in [0.4, 0.5) is 11.4 Å². The van der Waals surface area contributed by atoms with Crippen LogP contribution in [0.5, 0.6) is 0 Å². The number of methoxy groups -OCH3 is 2. The minimum atomic E-state index is -0.706. The summed E-state index contributed by atoms with van der Waals surface area (Å²) < 4.78 is 17.4. The molecule has 7 rings (SSSR count). The molecule has 0 bridgehead atoms. The summed E-state index contributed by atoms with van der Waals surface area (Å²) >= 11 is 0. The third kappa shape index (κ3) is 9.58. The molecule has 1 aromatic heterocycles. The maximum atomic E-state index is 14.0. The van der Waals surface area contributed by atoms with Crippen LogP contribution in [0.3, 0.4) is 0 Å². The van der Waals surface area contributed by atoms with Crippen molar-refractivity contribution in [3.05, 3.63) is 127 Å². The molecule has 2 aliphatic heterocycles. The summed E-state index contributed by atoms with van der Waals surface area (Å²) in [5, 5.41) is 5.98. The molecule has 318 valence electrons. The van der Waals surface area contributed by atoms with Crippen LogP contribution < -0.4 is 10.6 Å². The number of benzene rings is 4. The average Bonchev–Trinajstić information content (AvgIpc) is 4.04. The van der Waals surface area contributed by atoms with Crippen LogP contribution in [-0.2, 0) is 28.7 Å². The van der Waals surface area contributed by atoms with Crippen molar-refractivity contribution in [2.75, 3.05) is 66.1 Å². The molecule has 4 aromatic carbocycles. The zero-order valence-corrected chi connectivity index (χ0v) is 35.4. The van der Waals surface area contributed by atoms with E-state index in [0.29, 0.717) is 54.5 Å². The molecule has 14 heteroatoms. The molecule has 2 N–H and O–H groups in total. The fourth-order valence-electron chi connectivity index (χ4n) is 8.23. The van der Waals surface area contributed by atoms with E-state index in [0.717, 1.165) is 16.7 Å². The Hall–Kier alpha value is -6.19. The van der Waals surface area contributed by atoms with Gasteiger partial charge in [0.1, 0.15) is 24.2 Å². The van der Waals surface area contributed by atoms with E-state index in [-0.39, 0.29) is 35.8 Å². The molecule has 5 aromatic rings. The number of amides is 4. The number of nitrogens with zero attached hydrogens (tertiary/aromatic N) is 5. The minimum absolute atomic E-state index is 0.158. The monoisotopic (exact) mass is 827 g/mol. The molecule has 0 spiro atoms. The highest BCUT2D eigenvalue weighted by Gasteiger charge is 2.44. The second kappa shape index (κ2) is 19.0. The van der Waals surface area contributed by atoms with Gasteiger partial charge in [-0.25, -0.2) is 4.98 Å². The number of ether oxygens (including phenoxy) is 2. The lowest BCUT2D eigenvalue weighted by molar-refractivity contribution is -0.141. The molecule has 14 nitrogen and oxygen atoms in total. The van der Waals surface area contributed by atoms with Crippen molar-refractivity contribution >= 4 is 35.0 Å². The molecule has 6 atom stereocenters. The van der Waals surface area contributed by atoms with Crippen molar-refractivity contribution in [1.82, 2.24) is 24.6 Å². The summed E-state index contributed by atoms with van der Waals surface area (Å²) in [6.07, 6.45) is 1.88. The van der Waals surface area contributed by atoms with E-state index >= 15 is 0 Å². The molecule has 3 heterocycles. The van der Waals surface area contributed by atoms with Crippen LogP contribution in [0, 0.1) is 0 Å². The van der Waals surface area contributed by atoms with Crippen LogP contribution >= 0.6 is 0 Å². The Morgan fingerprint density at radius 2 is 1.03 bits per heavy atom. The van der Waals surface area contributed by atoms with Gasteiger partial charge in [-0.2, -0.15) is 0 Å². The smallest absolute Gasteiger partial charge is 0.247 e. The van der Waals surface area contributed by atoms with Gasteiger partial charge in [-0.05, 0) is 87.8 Å². The Kier molecular flexibility index (Phi) is 13.4. The van der Waals surface area contributed by atoms with Gasteiger partial charge >= 0.3 is 0 Å². The number of oxazole rings is 1. The second-order valence-corrected chi connectivity index (χ2v) is 15.9. The standard InChI is InChI=1S/C47H53N7O7/c1-51(2)41(31-13-9-7-10-14-31)46(57)53-28-36(59-5)25-38(53)43(55)49-34-21-17-30(18-22-34)40-27-48-45(61-40)33-19-23-35(24-20-33)50-44(56)39-26-37(60-6)29-54(39)47(58)42(52(3)4)32-15-11-8-12-16-32/h7-24,27,36-39,41-42H,25-26,28-29H2,1-6H3,(H,49,55)(H,50,56)/t36?,37?,38?,39?,41-,42-/m1/s1. The van der Waals surface area contributed by atoms with Gasteiger partial charge in [-0.3, -0.25) is 29.0 Å². The first-order chi connectivity index (χ1) is 29.4. The van der Waals surface area contributed by atoms with Gasteiger partial charge in [0.2, 0.25) is 29.5 Å². The molecular formula is C47H53N7O7. The highest BCUT2D eigenvalue weighted by molar-refractivity contribution is 5.99. The third-order valence-corrected chi connectivity index (χ3v) is 11.4. The first-order valence-corrected chi connectivity index (χ1v) is 20.3. The zero-order chi connectivity index (χ0) is 43.2. The summed E-state index contributed by atoms with van der Waals surface area (Å²) in [4.78, 5) is 66.8. The Balaban J connectivity index is 0.979. The van der Waals surface area contributed by atoms with E-state index in [1.165, 1.54) is 0 Å². The minimum Gasteiger partial charge on any atom is -0.436 e. The van der Waals surface area contributed by atoms with Crippen molar-refractivity contribution in [2.24, 2.45) is 0 Å². The number of likely N-dealkylation sites (tertiary alicyclic amines) is 2. The largest absolute Gasteiger partial charge is 0.436 e. The quantitative estimate of drug-likeness (QED) is 0.142. The van der Waals surface area contributed by atoms with Crippen LogP contribution in [0.25, 0.3) is 22.8 Å². The lowest BCUT2D eigenvalue weighted by atomic mass is 10.0. The fourth-order valence-corrected chi connectivity index (χ4v) is 8.23. The number of nitrogens with one attached hydrogen (secondary N) is 2. The van der Waals surface area contributed by atoms with E-state index in [9.17, 15) is 19.2 Å². The Bertz CT molecular complexity index is 2120. The van der Waals surface area contributed by atoms with E-state index in [4.69, 9.17) is 13.9 Å². The van der Waals surface area contributed by atoms with Crippen molar-refractivity contribution in [3.63, 3.8) is 0 Å². The zero-order valence-electron chi connectivity index (χ0n) is 35.4. The maximum Gasteiger partial charge on any atom is 0.247 e. The molecule has 0 radical (unpaired) electrons. The van der Waals surface area contributed by atoms with Crippen molar-refractivity contribution < 1.29 is 33.1 Å². The summed E-state index contributed by atoms with van der Waals surface area (Å²) in [5.41, 5.74) is 4.30. The van der Waals surface area contributed by atoms with E-state index in [1.807, 2.05) is 123 Å². The van der Waals surface area contributed by atoms with Crippen LogP contribution in [-0.4, -0.2) is 128 Å². The van der Waals surface area contributed by atoms with Crippen LogP contribution in [0.2, 0.25) is 0 Å². The number of carbonyl (C=O) groups is 4. The first kappa shape index (κ1) is 42.9. The van der Waals surface area contributed by atoms with Gasteiger partial charge in [0.15, 0.2) is 5.76 Å². The normalized spacial score (nSPS) is 19.9. The molecule has 2 fully saturated rings. The number of aromatic nitrogens is 1. The van der Waals surface area contributed by atoms with Crippen molar-refractivity contribution in [1.29, 1.82) is 0 Å². The van der Waals surface area contributed by atoms with E-state index in [2.05, 4.69) is 15.6 Å². The molecule has 0 saturated carbocycles. The summed E-state index contributed by atoms with van der Waals surface area (Å²) in [6, 6.07) is 31.0. The first-order valence-electron chi connectivity index (χ1n) is 20.3.